The summed E-state index contributed by atoms with van der Waals surface area (Å²) in [7, 11) is 1.68. The first-order valence-corrected chi connectivity index (χ1v) is 7.86. The molecule has 0 aliphatic carbocycles. The van der Waals surface area contributed by atoms with E-state index in [4.69, 9.17) is 4.74 Å². The zero-order valence-electron chi connectivity index (χ0n) is 14.2. The minimum Gasteiger partial charge on any atom is -0.379 e. The number of hydrogen-bond donors (Lipinski definition) is 1. The van der Waals surface area contributed by atoms with Gasteiger partial charge in [0, 0.05) is 26.1 Å². The fourth-order valence-corrected chi connectivity index (χ4v) is 2.51. The second kappa shape index (κ2) is 7.25. The summed E-state index contributed by atoms with van der Waals surface area (Å²) in [6.45, 7) is 10.6. The Hall–Kier alpha value is -1.10. The van der Waals surface area contributed by atoms with Crippen LogP contribution in [0.15, 0.2) is 0 Å². The lowest BCUT2D eigenvalue weighted by Gasteiger charge is -2.33. The zero-order chi connectivity index (χ0) is 16.2. The number of amides is 2. The van der Waals surface area contributed by atoms with Gasteiger partial charge in [0.05, 0.1) is 5.60 Å². The SMILES string of the molecule is CCC(C)C1NC(=O)CC(C)N(CCC(C)(C)OC)C1=O. The largest absolute Gasteiger partial charge is 0.379 e. The molecule has 3 unspecified atom stereocenters. The third-order valence-corrected chi connectivity index (χ3v) is 4.60. The van der Waals surface area contributed by atoms with E-state index in [1.165, 1.54) is 0 Å². The second-order valence-electron chi connectivity index (χ2n) is 6.73. The molecule has 0 saturated carbocycles. The predicted octanol–water partition coefficient (Wildman–Crippen LogP) is 1.95. The molecule has 0 spiro atoms. The highest BCUT2D eigenvalue weighted by Gasteiger charge is 2.36. The molecule has 5 heteroatoms. The van der Waals surface area contributed by atoms with Crippen molar-refractivity contribution in [3.63, 3.8) is 0 Å². The Bertz CT molecular complexity index is 382. The lowest BCUT2D eigenvalue weighted by atomic mass is 9.97. The van der Waals surface area contributed by atoms with Crippen LogP contribution in [0.3, 0.4) is 0 Å². The van der Waals surface area contributed by atoms with Gasteiger partial charge in [-0.15, -0.1) is 0 Å². The third-order valence-electron chi connectivity index (χ3n) is 4.60. The number of ether oxygens (including phenoxy) is 1. The molecule has 1 fully saturated rings. The van der Waals surface area contributed by atoms with E-state index in [0.717, 1.165) is 12.8 Å². The summed E-state index contributed by atoms with van der Waals surface area (Å²) >= 11 is 0. The maximum absolute atomic E-state index is 12.8. The van der Waals surface area contributed by atoms with Crippen molar-refractivity contribution in [2.45, 2.75) is 71.6 Å². The summed E-state index contributed by atoms with van der Waals surface area (Å²) in [5, 5.41) is 2.89. The lowest BCUT2D eigenvalue weighted by Crippen LogP contribution is -2.50. The Kier molecular flexibility index (Phi) is 6.20. The molecule has 2 amide bonds. The van der Waals surface area contributed by atoms with E-state index < -0.39 is 6.04 Å². The molecule has 5 nitrogen and oxygen atoms in total. The molecule has 1 rings (SSSR count). The summed E-state index contributed by atoms with van der Waals surface area (Å²) in [6, 6.07) is -0.475. The molecular weight excluding hydrogens is 268 g/mol. The fourth-order valence-electron chi connectivity index (χ4n) is 2.51. The van der Waals surface area contributed by atoms with Gasteiger partial charge in [0.25, 0.3) is 0 Å². The Labute approximate surface area is 128 Å². The molecule has 21 heavy (non-hydrogen) atoms. The van der Waals surface area contributed by atoms with Crippen LogP contribution in [0.5, 0.6) is 0 Å². The van der Waals surface area contributed by atoms with Gasteiger partial charge in [0.2, 0.25) is 11.8 Å². The monoisotopic (exact) mass is 298 g/mol. The highest BCUT2D eigenvalue weighted by Crippen LogP contribution is 2.21. The molecule has 1 aliphatic heterocycles. The number of methoxy groups -OCH3 is 1. The smallest absolute Gasteiger partial charge is 0.245 e. The van der Waals surface area contributed by atoms with Gasteiger partial charge >= 0.3 is 0 Å². The Morgan fingerprint density at radius 1 is 1.43 bits per heavy atom. The molecule has 0 aromatic rings. The Morgan fingerprint density at radius 2 is 2.05 bits per heavy atom. The summed E-state index contributed by atoms with van der Waals surface area (Å²) < 4.78 is 5.43. The number of nitrogens with zero attached hydrogens (tertiary/aromatic N) is 1. The van der Waals surface area contributed by atoms with Gasteiger partial charge in [-0.3, -0.25) is 9.59 Å². The van der Waals surface area contributed by atoms with Gasteiger partial charge in [-0.2, -0.15) is 0 Å². The first kappa shape index (κ1) is 18.0. The minimum absolute atomic E-state index is 0.0327. The van der Waals surface area contributed by atoms with Crippen molar-refractivity contribution in [1.82, 2.24) is 10.2 Å². The molecule has 0 aromatic carbocycles. The number of carbonyl (C=O) groups is 2. The fraction of sp³-hybridized carbons (Fsp3) is 0.875. The molecular formula is C16H30N2O3. The average Bonchev–Trinajstić information content (AvgIpc) is 2.53. The van der Waals surface area contributed by atoms with Gasteiger partial charge in [-0.1, -0.05) is 20.3 Å². The average molecular weight is 298 g/mol. The zero-order valence-corrected chi connectivity index (χ0v) is 14.2. The van der Waals surface area contributed by atoms with Crippen LogP contribution in [0.25, 0.3) is 0 Å². The van der Waals surface area contributed by atoms with Gasteiger partial charge < -0.3 is 15.0 Å². The molecule has 0 radical (unpaired) electrons. The standard InChI is InChI=1S/C16H30N2O3/c1-7-11(2)14-15(20)18(9-8-16(4,5)21-6)12(3)10-13(19)17-14/h11-12,14H,7-10H2,1-6H3,(H,17,19). The van der Waals surface area contributed by atoms with Crippen LogP contribution in [0.4, 0.5) is 0 Å². The predicted molar refractivity (Wildman–Crippen MR) is 82.9 cm³/mol. The number of carbonyl (C=O) groups excluding carboxylic acids is 2. The van der Waals surface area contributed by atoms with Gasteiger partial charge in [0.15, 0.2) is 0 Å². The maximum atomic E-state index is 12.8. The van der Waals surface area contributed by atoms with E-state index in [9.17, 15) is 9.59 Å². The van der Waals surface area contributed by atoms with Crippen LogP contribution in [-0.2, 0) is 14.3 Å². The quantitative estimate of drug-likeness (QED) is 0.815. The number of hydrogen-bond acceptors (Lipinski definition) is 3. The molecule has 1 aliphatic rings. The minimum atomic E-state index is -0.405. The Balaban J connectivity index is 2.88. The summed E-state index contributed by atoms with van der Waals surface area (Å²) in [5.74, 6) is 0.147. The van der Waals surface area contributed by atoms with Crippen molar-refractivity contribution in [2.75, 3.05) is 13.7 Å². The van der Waals surface area contributed by atoms with Crippen LogP contribution in [0, 0.1) is 5.92 Å². The third kappa shape index (κ3) is 4.70. The molecule has 0 aromatic heterocycles. The van der Waals surface area contributed by atoms with Crippen LogP contribution < -0.4 is 5.32 Å². The molecule has 1 saturated heterocycles. The molecule has 1 heterocycles. The van der Waals surface area contributed by atoms with E-state index in [1.54, 1.807) is 7.11 Å². The van der Waals surface area contributed by atoms with E-state index in [-0.39, 0.29) is 29.4 Å². The van der Waals surface area contributed by atoms with Gasteiger partial charge in [0.1, 0.15) is 6.04 Å². The molecule has 1 N–H and O–H groups in total. The first-order chi connectivity index (χ1) is 9.71. The summed E-state index contributed by atoms with van der Waals surface area (Å²) in [4.78, 5) is 26.6. The maximum Gasteiger partial charge on any atom is 0.245 e. The van der Waals surface area contributed by atoms with Crippen LogP contribution in [0.2, 0.25) is 0 Å². The molecule has 122 valence electrons. The molecule has 0 bridgehead atoms. The highest BCUT2D eigenvalue weighted by atomic mass is 16.5. The van der Waals surface area contributed by atoms with Crippen molar-refractivity contribution >= 4 is 11.8 Å². The number of nitrogens with one attached hydrogen (secondary N) is 1. The van der Waals surface area contributed by atoms with E-state index in [1.807, 2.05) is 39.5 Å². The van der Waals surface area contributed by atoms with Crippen molar-refractivity contribution in [1.29, 1.82) is 0 Å². The Morgan fingerprint density at radius 3 is 2.57 bits per heavy atom. The number of rotatable bonds is 6. The van der Waals surface area contributed by atoms with E-state index >= 15 is 0 Å². The van der Waals surface area contributed by atoms with Crippen LogP contribution in [-0.4, -0.2) is 48.1 Å². The van der Waals surface area contributed by atoms with Crippen molar-refractivity contribution in [3.8, 4) is 0 Å². The highest BCUT2D eigenvalue weighted by molar-refractivity contribution is 5.90. The van der Waals surface area contributed by atoms with Crippen molar-refractivity contribution < 1.29 is 14.3 Å². The molecule has 3 atom stereocenters. The van der Waals surface area contributed by atoms with Crippen LogP contribution in [0.1, 0.15) is 53.9 Å². The normalized spacial score (nSPS) is 25.5. The topological polar surface area (TPSA) is 58.6 Å². The van der Waals surface area contributed by atoms with Crippen LogP contribution >= 0.6 is 0 Å². The summed E-state index contributed by atoms with van der Waals surface area (Å²) in [6.07, 6.45) is 1.98. The van der Waals surface area contributed by atoms with Gasteiger partial charge in [-0.25, -0.2) is 0 Å². The van der Waals surface area contributed by atoms with Crippen molar-refractivity contribution in [2.24, 2.45) is 5.92 Å². The van der Waals surface area contributed by atoms with E-state index in [0.29, 0.717) is 13.0 Å². The second-order valence-corrected chi connectivity index (χ2v) is 6.73. The van der Waals surface area contributed by atoms with E-state index in [2.05, 4.69) is 5.32 Å². The summed E-state index contributed by atoms with van der Waals surface area (Å²) in [5.41, 5.74) is -0.268. The van der Waals surface area contributed by atoms with Gasteiger partial charge in [-0.05, 0) is 33.1 Å². The first-order valence-electron chi connectivity index (χ1n) is 7.86. The van der Waals surface area contributed by atoms with Crippen molar-refractivity contribution in [3.05, 3.63) is 0 Å². The lowest BCUT2D eigenvalue weighted by molar-refractivity contribution is -0.137.